The van der Waals surface area contributed by atoms with Crippen LogP contribution < -0.4 is 15.3 Å². The summed E-state index contributed by atoms with van der Waals surface area (Å²) < 4.78 is 31.2. The van der Waals surface area contributed by atoms with Gasteiger partial charge in [-0.15, -0.1) is 0 Å². The zero-order valence-electron chi connectivity index (χ0n) is 18.2. The molecule has 2 aromatic carbocycles. The van der Waals surface area contributed by atoms with E-state index in [9.17, 15) is 23.1 Å². The van der Waals surface area contributed by atoms with Crippen LogP contribution in [0.15, 0.2) is 72.4 Å². The van der Waals surface area contributed by atoms with Crippen LogP contribution in [0.4, 0.5) is 11.4 Å². The maximum absolute atomic E-state index is 12.1. The highest BCUT2D eigenvalue weighted by Crippen LogP contribution is 2.31. The number of allylic oxidation sites excluding steroid dienone is 6. The monoisotopic (exact) mass is 477 g/mol. The number of anilines is 2. The second-order valence-corrected chi connectivity index (χ2v) is 9.63. The van der Waals surface area contributed by atoms with Crippen LogP contribution in [0.1, 0.15) is 28.8 Å². The smallest absolute Gasteiger partial charge is 0.336 e. The number of benzene rings is 2. The van der Waals surface area contributed by atoms with Crippen molar-refractivity contribution in [2.24, 2.45) is 0 Å². The van der Waals surface area contributed by atoms with E-state index in [1.54, 1.807) is 24.3 Å². The largest absolute Gasteiger partial charge is 0.478 e. The van der Waals surface area contributed by atoms with E-state index >= 15 is 0 Å². The van der Waals surface area contributed by atoms with Gasteiger partial charge in [-0.2, -0.15) is 8.42 Å². The molecule has 0 atom stereocenters. The van der Waals surface area contributed by atoms with Crippen LogP contribution in [0.25, 0.3) is 12.2 Å². The Balaban J connectivity index is 1.80. The summed E-state index contributed by atoms with van der Waals surface area (Å²) in [7, 11) is -4.04. The zero-order valence-corrected chi connectivity index (χ0v) is 19.0. The molecule has 2 aliphatic rings. The summed E-state index contributed by atoms with van der Waals surface area (Å²) in [6.45, 7) is 0.449. The second-order valence-electron chi connectivity index (χ2n) is 8.06. The Morgan fingerprint density at radius 1 is 0.971 bits per heavy atom. The molecule has 2 aromatic rings. The fourth-order valence-corrected chi connectivity index (χ4v) is 4.58. The quantitative estimate of drug-likeness (QED) is 0.466. The van der Waals surface area contributed by atoms with Crippen molar-refractivity contribution >= 4 is 45.4 Å². The first-order valence-electron chi connectivity index (χ1n) is 10.7. The lowest BCUT2D eigenvalue weighted by molar-refractivity contribution is -0.110. The van der Waals surface area contributed by atoms with Gasteiger partial charge < -0.3 is 10.0 Å². The van der Waals surface area contributed by atoms with Crippen LogP contribution in [-0.4, -0.2) is 42.1 Å². The molecular weight excluding hydrogens is 454 g/mol. The Morgan fingerprint density at radius 2 is 1.71 bits per heavy atom. The van der Waals surface area contributed by atoms with Crippen molar-refractivity contribution in [3.8, 4) is 0 Å². The van der Waals surface area contributed by atoms with Crippen molar-refractivity contribution in [2.75, 3.05) is 17.2 Å². The van der Waals surface area contributed by atoms with Crippen molar-refractivity contribution < 1.29 is 27.7 Å². The van der Waals surface area contributed by atoms with Gasteiger partial charge in [0.1, 0.15) is 0 Å². The van der Waals surface area contributed by atoms with Crippen LogP contribution in [0, 0.1) is 0 Å². The highest BCUT2D eigenvalue weighted by atomic mass is 32.2. The van der Waals surface area contributed by atoms with E-state index in [1.807, 2.05) is 47.4 Å². The molecule has 7 nitrogen and oxygen atoms in total. The number of fused-ring (bicyclic) bond motifs is 2. The lowest BCUT2D eigenvalue weighted by atomic mass is 9.98. The summed E-state index contributed by atoms with van der Waals surface area (Å²) in [6.07, 6.45) is 12.5. The van der Waals surface area contributed by atoms with Crippen molar-refractivity contribution in [2.45, 2.75) is 12.8 Å². The summed E-state index contributed by atoms with van der Waals surface area (Å²) in [5.74, 6) is -1.46. The predicted molar refractivity (Wildman–Crippen MR) is 131 cm³/mol. The maximum atomic E-state index is 12.1. The Kier molecular flexibility index (Phi) is 6.63. The lowest BCUT2D eigenvalue weighted by Crippen LogP contribution is -2.33. The molecule has 0 aromatic heterocycles. The molecule has 0 radical (unpaired) electrons. The van der Waals surface area contributed by atoms with Crippen molar-refractivity contribution in [3.63, 3.8) is 0 Å². The van der Waals surface area contributed by atoms with E-state index in [1.165, 1.54) is 12.2 Å². The molecule has 0 bridgehead atoms. The number of rotatable bonds is 7. The topological polar surface area (TPSA) is 112 Å². The van der Waals surface area contributed by atoms with Crippen molar-refractivity contribution in [3.05, 3.63) is 93.9 Å². The van der Waals surface area contributed by atoms with Crippen LogP contribution in [-0.2, 0) is 14.9 Å². The number of ketones is 1. The fraction of sp³-hybridized carbons (Fsp3) is 0.154. The molecule has 0 saturated heterocycles. The van der Waals surface area contributed by atoms with Gasteiger partial charge in [0.05, 0.1) is 11.3 Å². The van der Waals surface area contributed by atoms with Gasteiger partial charge in [0.2, 0.25) is 0 Å². The summed E-state index contributed by atoms with van der Waals surface area (Å²) >= 11 is 0. The number of carbonyl (C=O) groups is 2. The molecule has 174 valence electrons. The van der Waals surface area contributed by atoms with Gasteiger partial charge in [0, 0.05) is 23.1 Å². The standard InChI is InChI=1S/C26H23NO6S/c28-21-11-9-18(10-12-21)7-8-19-15-23(26(29)30)22-17-20-5-1-2-6-24(20)27(25(22)16-19)13-3-4-14-34(31,32)33/h1-2,5-12,15-17H,3-4,13-14H2,(H,29,30)(H,31,32,33)/b19-8-. The number of carboxylic acids is 1. The first-order chi connectivity index (χ1) is 16.2. The number of carbonyl (C=O) groups excluding carboxylic acids is 1. The SMILES string of the molecule is O=C1C=CC(=C/C=c2/cc(C(=O)O)c3c(c2)N(CCCCS(=O)(=O)O)c2ccccc2C=3)C=C1. The van der Waals surface area contributed by atoms with Crippen LogP contribution >= 0.6 is 0 Å². The normalized spacial score (nSPS) is 15.1. The summed E-state index contributed by atoms with van der Waals surface area (Å²) in [6, 6.07) is 11.1. The first kappa shape index (κ1) is 23.4. The van der Waals surface area contributed by atoms with Gasteiger partial charge in [-0.05, 0) is 65.6 Å². The van der Waals surface area contributed by atoms with Gasteiger partial charge in [-0.1, -0.05) is 42.5 Å². The van der Waals surface area contributed by atoms with Crippen LogP contribution in [0.3, 0.4) is 0 Å². The molecular formula is C26H23NO6S. The highest BCUT2D eigenvalue weighted by molar-refractivity contribution is 7.85. The maximum Gasteiger partial charge on any atom is 0.336 e. The van der Waals surface area contributed by atoms with Crippen molar-refractivity contribution in [1.29, 1.82) is 0 Å². The minimum Gasteiger partial charge on any atom is -0.478 e. The molecule has 8 heteroatoms. The third kappa shape index (κ3) is 5.41. The average molecular weight is 478 g/mol. The number of hydrogen-bond acceptors (Lipinski definition) is 5. The number of hydrogen-bond donors (Lipinski definition) is 2. The fourth-order valence-electron chi connectivity index (χ4n) is 4.02. The third-order valence-electron chi connectivity index (χ3n) is 5.61. The molecule has 1 aliphatic carbocycles. The summed E-state index contributed by atoms with van der Waals surface area (Å²) in [4.78, 5) is 25.5. The molecule has 0 spiro atoms. The van der Waals surface area contributed by atoms with E-state index in [2.05, 4.69) is 0 Å². The molecule has 34 heavy (non-hydrogen) atoms. The van der Waals surface area contributed by atoms with E-state index in [4.69, 9.17) is 4.55 Å². The van der Waals surface area contributed by atoms with Crippen LogP contribution in [0.5, 0.6) is 0 Å². The highest BCUT2D eigenvalue weighted by Gasteiger charge is 2.21. The number of unbranched alkanes of at least 4 members (excludes halogenated alkanes) is 1. The summed E-state index contributed by atoms with van der Waals surface area (Å²) in [5, 5.41) is 11.2. The Morgan fingerprint density at radius 3 is 2.41 bits per heavy atom. The molecule has 1 aliphatic heterocycles. The minimum absolute atomic E-state index is 0.0852. The van der Waals surface area contributed by atoms with Gasteiger partial charge in [-0.25, -0.2) is 4.79 Å². The second kappa shape index (κ2) is 9.62. The van der Waals surface area contributed by atoms with E-state index < -0.39 is 16.1 Å². The van der Waals surface area contributed by atoms with Gasteiger partial charge in [0.25, 0.3) is 10.1 Å². The molecule has 1 heterocycles. The molecule has 4 rings (SSSR count). The van der Waals surface area contributed by atoms with E-state index in [0.717, 1.165) is 16.8 Å². The Hall–Kier alpha value is -3.75. The average Bonchev–Trinajstić information content (AvgIpc) is 2.79. The number of carboxylic acid groups (broad SMARTS) is 1. The first-order valence-corrected chi connectivity index (χ1v) is 12.4. The molecule has 0 amide bonds. The van der Waals surface area contributed by atoms with Crippen LogP contribution in [0.2, 0.25) is 0 Å². The minimum atomic E-state index is -4.04. The van der Waals surface area contributed by atoms with Gasteiger partial charge in [-0.3, -0.25) is 9.35 Å². The molecule has 0 unspecified atom stereocenters. The zero-order chi connectivity index (χ0) is 24.3. The number of nitrogens with zero attached hydrogens (tertiary/aromatic N) is 1. The summed E-state index contributed by atoms with van der Waals surface area (Å²) in [5.41, 5.74) is 3.44. The van der Waals surface area contributed by atoms with Gasteiger partial charge >= 0.3 is 5.97 Å². The molecule has 0 saturated carbocycles. The predicted octanol–water partition coefficient (Wildman–Crippen LogP) is 2.74. The van der Waals surface area contributed by atoms with Gasteiger partial charge in [0.15, 0.2) is 5.78 Å². The van der Waals surface area contributed by atoms with Crippen molar-refractivity contribution in [1.82, 2.24) is 0 Å². The molecule has 2 N–H and O–H groups in total. The van der Waals surface area contributed by atoms with E-state index in [-0.39, 0.29) is 23.5 Å². The Labute approximate surface area is 197 Å². The number of aromatic carboxylic acids is 1. The lowest BCUT2D eigenvalue weighted by Gasteiger charge is -2.30. The van der Waals surface area contributed by atoms with E-state index in [0.29, 0.717) is 29.1 Å². The Bertz CT molecular complexity index is 1460. The molecule has 0 fully saturated rings. The number of para-hydroxylation sites is 1. The third-order valence-corrected chi connectivity index (χ3v) is 6.42.